The quantitative estimate of drug-likeness (QED) is 0.143. The minimum absolute atomic E-state index is 0.00432. The van der Waals surface area contributed by atoms with Crippen molar-refractivity contribution in [3.8, 4) is 16.9 Å². The Kier molecular flexibility index (Phi) is 11.5. The van der Waals surface area contributed by atoms with Gasteiger partial charge in [-0.15, -0.1) is 4.68 Å². The Morgan fingerprint density at radius 2 is 1.62 bits per heavy atom. The van der Waals surface area contributed by atoms with Gasteiger partial charge in [-0.05, 0) is 105 Å². The molecule has 3 heterocycles. The molecule has 1 fully saturated rings. The molecule has 278 valence electrons. The number of hydrogen-bond acceptors (Lipinski definition) is 10. The molecule has 2 unspecified atom stereocenters. The smallest absolute Gasteiger partial charge is 0.410 e. The van der Waals surface area contributed by atoms with Crippen molar-refractivity contribution >= 4 is 18.2 Å². The number of rotatable bonds is 10. The molecule has 2 amide bonds. The van der Waals surface area contributed by atoms with Gasteiger partial charge in [-0.2, -0.15) is 4.68 Å². The molecule has 2 aliphatic heterocycles. The maximum absolute atomic E-state index is 13.0. The van der Waals surface area contributed by atoms with Gasteiger partial charge in [-0.3, -0.25) is 4.84 Å². The van der Waals surface area contributed by atoms with Crippen molar-refractivity contribution < 1.29 is 48.0 Å². The Morgan fingerprint density at radius 3 is 2.22 bits per heavy atom. The van der Waals surface area contributed by atoms with E-state index in [0.717, 1.165) is 16.7 Å². The number of nitrogens with two attached hydrogens (primary N) is 1. The number of likely N-dealkylation sites (tertiary alicyclic amines) is 1. The third kappa shape index (κ3) is 10.3. The number of amides is 2. The second kappa shape index (κ2) is 14.8. The minimum atomic E-state index is -1.49. The normalized spacial score (nSPS) is 18.6. The van der Waals surface area contributed by atoms with Crippen molar-refractivity contribution in [2.45, 2.75) is 130 Å². The molecule has 0 bridgehead atoms. The number of aliphatic hydroxyl groups is 1. The summed E-state index contributed by atoms with van der Waals surface area (Å²) in [6.45, 7) is 19.7. The number of aromatic nitrogens is 2. The highest BCUT2D eigenvalue weighted by atomic mass is 16.7. The van der Waals surface area contributed by atoms with Crippen LogP contribution in [0, 0.1) is 5.92 Å². The lowest BCUT2D eigenvalue weighted by Gasteiger charge is -2.39. The van der Waals surface area contributed by atoms with Crippen LogP contribution in [0.3, 0.4) is 0 Å². The zero-order valence-corrected chi connectivity index (χ0v) is 31.2. The average Bonchev–Trinajstić information content (AvgIpc) is 3.35. The molecular weight excluding hydrogens is 646 g/mol. The van der Waals surface area contributed by atoms with E-state index in [-0.39, 0.29) is 25.1 Å². The summed E-state index contributed by atoms with van der Waals surface area (Å²) in [5.41, 5.74) is -0.613. The maximum atomic E-state index is 13.0. The first-order valence-corrected chi connectivity index (χ1v) is 17.2. The molecule has 1 saturated heterocycles. The molecule has 4 rings (SSSR count). The third-order valence-electron chi connectivity index (χ3n) is 8.24. The fourth-order valence-corrected chi connectivity index (χ4v) is 5.78. The fourth-order valence-electron chi connectivity index (χ4n) is 5.78. The van der Waals surface area contributed by atoms with Gasteiger partial charge >= 0.3 is 18.2 Å². The van der Waals surface area contributed by atoms with E-state index in [1.54, 1.807) is 53.4 Å². The molecule has 2 aromatic rings. The van der Waals surface area contributed by atoms with Crippen LogP contribution in [-0.2, 0) is 43.4 Å². The summed E-state index contributed by atoms with van der Waals surface area (Å²) in [4.78, 5) is 44.6. The van der Waals surface area contributed by atoms with E-state index in [1.165, 1.54) is 0 Å². The zero-order chi connectivity index (χ0) is 37.2. The Labute approximate surface area is 295 Å². The molecule has 0 spiro atoms. The van der Waals surface area contributed by atoms with E-state index in [0.29, 0.717) is 38.2 Å². The molecule has 0 saturated carbocycles. The number of hydrogen-bond donors (Lipinski definition) is 3. The Balaban J connectivity index is 1.51. The van der Waals surface area contributed by atoms with Crippen molar-refractivity contribution in [2.75, 3.05) is 19.6 Å². The second-order valence-electron chi connectivity index (χ2n) is 16.4. The summed E-state index contributed by atoms with van der Waals surface area (Å²) in [6.07, 6.45) is 2.59. The second-order valence-corrected chi connectivity index (χ2v) is 16.4. The summed E-state index contributed by atoms with van der Waals surface area (Å²) in [7, 11) is 0. The summed E-state index contributed by atoms with van der Waals surface area (Å²) in [5, 5.41) is 13.5. The number of esters is 1. The highest BCUT2D eigenvalue weighted by Crippen LogP contribution is 2.36. The zero-order valence-electron chi connectivity index (χ0n) is 31.2. The molecule has 3 atom stereocenters. The molecule has 1 aromatic heterocycles. The number of nitrogens with zero attached hydrogens (tertiary/aromatic N) is 3. The predicted molar refractivity (Wildman–Crippen MR) is 184 cm³/mol. The van der Waals surface area contributed by atoms with E-state index in [9.17, 15) is 19.5 Å². The van der Waals surface area contributed by atoms with Gasteiger partial charge in [0.05, 0.1) is 24.8 Å². The first-order chi connectivity index (χ1) is 23.0. The number of nitrogens with one attached hydrogen (secondary N) is 1. The van der Waals surface area contributed by atoms with Gasteiger partial charge in [0, 0.05) is 19.0 Å². The van der Waals surface area contributed by atoms with Gasteiger partial charge in [0.2, 0.25) is 11.8 Å². The Morgan fingerprint density at radius 1 is 0.980 bits per heavy atom. The van der Waals surface area contributed by atoms with Crippen LogP contribution in [0.2, 0.25) is 0 Å². The van der Waals surface area contributed by atoms with Gasteiger partial charge in [-0.1, -0.05) is 6.07 Å². The number of aliphatic hydroxyl groups excluding tert-OH is 1. The molecule has 0 aliphatic carbocycles. The van der Waals surface area contributed by atoms with E-state index in [4.69, 9.17) is 29.7 Å². The summed E-state index contributed by atoms with van der Waals surface area (Å²) in [6, 6.07) is 5.86. The summed E-state index contributed by atoms with van der Waals surface area (Å²) < 4.78 is 26.6. The van der Waals surface area contributed by atoms with Crippen LogP contribution in [0.15, 0.2) is 30.6 Å². The maximum Gasteiger partial charge on any atom is 0.410 e. The molecular formula is C36H56N5O9+. The molecule has 14 nitrogen and oxygen atoms in total. The van der Waals surface area contributed by atoms with Crippen molar-refractivity contribution in [1.82, 2.24) is 14.9 Å². The van der Waals surface area contributed by atoms with E-state index in [1.807, 2.05) is 54.7 Å². The van der Waals surface area contributed by atoms with Crippen molar-refractivity contribution in [3.05, 3.63) is 36.2 Å². The standard InChI is InChI=1S/C36H55N5O9/c1-33(2,3)47-30(43)36(10,50-37)29-14-12-25-15-24(11-13-28(25)46-29)26-20-40(19-23-17-39(18-23)32(45)49-35(7,8)9)41(21-26)22-27(42)16-38-31(44)48-34(4,5)6/h11,13,15,20-21,23,27,29,42H,12,14,16-19,22,37H2,1-10H3/p+1/t27?,29-,36?/m1/s1. The van der Waals surface area contributed by atoms with E-state index in [2.05, 4.69) is 11.4 Å². The highest BCUT2D eigenvalue weighted by Gasteiger charge is 2.48. The molecule has 1 aromatic carbocycles. The molecule has 4 N–H and O–H groups in total. The third-order valence-corrected chi connectivity index (χ3v) is 8.24. The van der Waals surface area contributed by atoms with Crippen LogP contribution in [0.4, 0.5) is 9.59 Å². The number of benzene rings is 1. The lowest BCUT2D eigenvalue weighted by Crippen LogP contribution is -2.56. The van der Waals surface area contributed by atoms with Crippen molar-refractivity contribution in [1.29, 1.82) is 0 Å². The van der Waals surface area contributed by atoms with Crippen LogP contribution in [0.25, 0.3) is 11.1 Å². The largest absolute Gasteiger partial charge is 0.486 e. The Hall–Kier alpha value is -3.88. The Bertz CT molecular complexity index is 1510. The van der Waals surface area contributed by atoms with Crippen LogP contribution >= 0.6 is 0 Å². The van der Waals surface area contributed by atoms with Gasteiger partial charge in [0.15, 0.2) is 6.54 Å². The van der Waals surface area contributed by atoms with E-state index >= 15 is 0 Å². The van der Waals surface area contributed by atoms with Crippen LogP contribution in [-0.4, -0.2) is 87.1 Å². The molecule has 0 radical (unpaired) electrons. The lowest BCUT2D eigenvalue weighted by molar-refractivity contribution is -0.780. The average molecular weight is 703 g/mol. The van der Waals surface area contributed by atoms with Crippen molar-refractivity contribution in [3.63, 3.8) is 0 Å². The van der Waals surface area contributed by atoms with Gasteiger partial charge in [0.1, 0.15) is 34.8 Å². The van der Waals surface area contributed by atoms with Crippen molar-refractivity contribution in [2.24, 2.45) is 11.8 Å². The summed E-state index contributed by atoms with van der Waals surface area (Å²) >= 11 is 0. The highest BCUT2D eigenvalue weighted by molar-refractivity contribution is 5.80. The van der Waals surface area contributed by atoms with Crippen LogP contribution in [0.1, 0.15) is 81.2 Å². The predicted octanol–water partition coefficient (Wildman–Crippen LogP) is 3.88. The van der Waals surface area contributed by atoms with Gasteiger partial charge in [0.25, 0.3) is 0 Å². The number of aryl methyl sites for hydroxylation is 1. The number of alkyl carbamates (subject to hydrolysis) is 1. The van der Waals surface area contributed by atoms with Gasteiger partial charge in [-0.25, -0.2) is 20.3 Å². The lowest BCUT2D eigenvalue weighted by atomic mass is 9.89. The van der Waals surface area contributed by atoms with E-state index < -0.39 is 46.7 Å². The number of ether oxygens (including phenoxy) is 4. The molecule has 2 aliphatic rings. The summed E-state index contributed by atoms with van der Waals surface area (Å²) in [5.74, 6) is 5.85. The first kappa shape index (κ1) is 38.9. The van der Waals surface area contributed by atoms with Gasteiger partial charge < -0.3 is 34.3 Å². The first-order valence-electron chi connectivity index (χ1n) is 17.2. The molecule has 14 heteroatoms. The number of carbonyl (C=O) groups excluding carboxylic acids is 3. The van der Waals surface area contributed by atoms with Crippen LogP contribution < -0.4 is 20.6 Å². The van der Waals surface area contributed by atoms with Crippen LogP contribution in [0.5, 0.6) is 5.75 Å². The SMILES string of the molecule is CC(C)(C)OC(=O)NCC(O)C[n+]1cc(-c2ccc3c(c2)CC[C@H](C(C)(ON)C(=O)OC(C)(C)C)O3)cn1CC1CN(C(=O)OC(C)(C)C)C1. The monoisotopic (exact) mass is 702 g/mol. The minimum Gasteiger partial charge on any atom is -0.486 e. The fraction of sp³-hybridized carbons (Fsp3) is 0.667. The molecule has 50 heavy (non-hydrogen) atoms. The number of carbonyl (C=O) groups is 3. The topological polar surface area (TPSA) is 168 Å². The number of fused-ring (bicyclic) bond motifs is 1.